The first-order chi connectivity index (χ1) is 19.9. The van der Waals surface area contributed by atoms with Crippen molar-refractivity contribution in [2.75, 3.05) is 17.2 Å². The van der Waals surface area contributed by atoms with Gasteiger partial charge >= 0.3 is 5.97 Å². The molecule has 0 saturated heterocycles. The smallest absolute Gasteiger partial charge is 0.341 e. The monoisotopic (exact) mass is 590 g/mol. The number of ether oxygens (including phenoxy) is 1. The van der Waals surface area contributed by atoms with E-state index in [0.29, 0.717) is 16.5 Å². The minimum absolute atomic E-state index is 0.0814. The fourth-order valence-electron chi connectivity index (χ4n) is 5.83. The first-order valence-electron chi connectivity index (χ1n) is 14.7. The Morgan fingerprint density at radius 1 is 1.00 bits per heavy atom. The molecular weight excluding hydrogens is 553 g/mol. The molecule has 8 heteroatoms. The summed E-state index contributed by atoms with van der Waals surface area (Å²) in [6.07, 6.45) is 7.90. The maximum Gasteiger partial charge on any atom is 0.341 e. The van der Waals surface area contributed by atoms with E-state index in [1.807, 2.05) is 37.3 Å². The molecular formula is C33H38N2O4S2. The second-order valence-electron chi connectivity index (χ2n) is 10.9. The Labute approximate surface area is 250 Å². The topological polar surface area (TPSA) is 84.5 Å². The number of hydrogen-bond acceptors (Lipinski definition) is 6. The molecule has 2 unspecified atom stereocenters. The summed E-state index contributed by atoms with van der Waals surface area (Å²) < 4.78 is 5.41. The molecule has 1 fully saturated rings. The highest BCUT2D eigenvalue weighted by atomic mass is 32.2. The van der Waals surface area contributed by atoms with Crippen molar-refractivity contribution in [3.05, 3.63) is 76.2 Å². The normalized spacial score (nSPS) is 17.8. The summed E-state index contributed by atoms with van der Waals surface area (Å²) >= 11 is 2.93. The van der Waals surface area contributed by atoms with E-state index in [2.05, 4.69) is 34.9 Å². The second kappa shape index (κ2) is 13.7. The van der Waals surface area contributed by atoms with Crippen molar-refractivity contribution in [2.24, 2.45) is 5.92 Å². The van der Waals surface area contributed by atoms with Gasteiger partial charge < -0.3 is 15.4 Å². The highest BCUT2D eigenvalue weighted by Gasteiger charge is 2.31. The van der Waals surface area contributed by atoms with Gasteiger partial charge in [-0.2, -0.15) is 0 Å². The molecule has 0 bridgehead atoms. The first kappa shape index (κ1) is 29.4. The molecule has 3 aromatic rings. The molecule has 2 atom stereocenters. The molecule has 0 aliphatic heterocycles. The van der Waals surface area contributed by atoms with E-state index in [9.17, 15) is 14.4 Å². The number of rotatable bonds is 9. The highest BCUT2D eigenvalue weighted by Crippen LogP contribution is 2.43. The zero-order valence-electron chi connectivity index (χ0n) is 23.7. The quantitative estimate of drug-likeness (QED) is 0.196. The number of thiophene rings is 1. The Morgan fingerprint density at radius 3 is 2.54 bits per heavy atom. The zero-order valence-corrected chi connectivity index (χ0v) is 25.4. The largest absolute Gasteiger partial charge is 0.462 e. The zero-order chi connectivity index (χ0) is 28.8. The molecule has 6 nitrogen and oxygen atoms in total. The van der Waals surface area contributed by atoms with E-state index >= 15 is 0 Å². The third kappa shape index (κ3) is 7.22. The predicted octanol–water partition coefficient (Wildman–Crippen LogP) is 7.84. The maximum absolute atomic E-state index is 13.4. The van der Waals surface area contributed by atoms with Gasteiger partial charge in [0, 0.05) is 21.4 Å². The van der Waals surface area contributed by atoms with Crippen LogP contribution >= 0.6 is 23.1 Å². The lowest BCUT2D eigenvalue weighted by Gasteiger charge is -2.23. The predicted molar refractivity (Wildman–Crippen MR) is 167 cm³/mol. The van der Waals surface area contributed by atoms with Crippen molar-refractivity contribution in [1.29, 1.82) is 0 Å². The van der Waals surface area contributed by atoms with Gasteiger partial charge in [0.2, 0.25) is 11.8 Å². The molecule has 2 aromatic carbocycles. The molecule has 5 rings (SSSR count). The molecule has 0 spiro atoms. The van der Waals surface area contributed by atoms with Crippen LogP contribution in [0, 0.1) is 5.92 Å². The van der Waals surface area contributed by atoms with Crippen molar-refractivity contribution >= 4 is 51.6 Å². The number of carbonyl (C=O) groups excluding carboxylic acids is 3. The summed E-state index contributed by atoms with van der Waals surface area (Å²) in [5.41, 5.74) is 3.58. The van der Waals surface area contributed by atoms with Crippen molar-refractivity contribution in [3.63, 3.8) is 0 Å². The second-order valence-corrected chi connectivity index (χ2v) is 13.4. The van der Waals surface area contributed by atoms with E-state index in [4.69, 9.17) is 4.74 Å². The molecule has 1 saturated carbocycles. The average Bonchev–Trinajstić information content (AvgIpc) is 3.35. The van der Waals surface area contributed by atoms with Crippen molar-refractivity contribution in [1.82, 2.24) is 0 Å². The highest BCUT2D eigenvalue weighted by molar-refractivity contribution is 8.00. The summed E-state index contributed by atoms with van der Waals surface area (Å²) in [6.45, 7) is 3.93. The Bertz CT molecular complexity index is 1380. The number of fused-ring (bicyclic) bond motifs is 1. The summed E-state index contributed by atoms with van der Waals surface area (Å²) in [6, 6.07) is 18.1. The molecule has 2 aliphatic carbocycles. The van der Waals surface area contributed by atoms with Gasteiger partial charge in [-0.1, -0.05) is 55.7 Å². The van der Waals surface area contributed by atoms with Crippen LogP contribution < -0.4 is 10.6 Å². The van der Waals surface area contributed by atoms with Crippen LogP contribution in [-0.4, -0.2) is 29.6 Å². The average molecular weight is 591 g/mol. The lowest BCUT2D eigenvalue weighted by Crippen LogP contribution is -2.24. The minimum Gasteiger partial charge on any atom is -0.462 e. The van der Waals surface area contributed by atoms with Gasteiger partial charge in [0.25, 0.3) is 0 Å². The summed E-state index contributed by atoms with van der Waals surface area (Å²) in [7, 11) is 0. The Hall–Kier alpha value is -3.10. The molecule has 41 heavy (non-hydrogen) atoms. The van der Waals surface area contributed by atoms with E-state index < -0.39 is 5.25 Å². The van der Waals surface area contributed by atoms with E-state index in [-0.39, 0.29) is 30.3 Å². The van der Waals surface area contributed by atoms with Crippen LogP contribution in [0.15, 0.2) is 59.5 Å². The molecule has 2 aliphatic rings. The third-order valence-corrected chi connectivity index (χ3v) is 10.3. The van der Waals surface area contributed by atoms with E-state index in [0.717, 1.165) is 66.0 Å². The number of carbonyl (C=O) groups is 3. The molecule has 1 heterocycles. The van der Waals surface area contributed by atoms with Gasteiger partial charge in [0.05, 0.1) is 17.4 Å². The van der Waals surface area contributed by atoms with Gasteiger partial charge in [0.1, 0.15) is 5.00 Å². The molecule has 0 radical (unpaired) electrons. The van der Waals surface area contributed by atoms with Crippen LogP contribution in [-0.2, 0) is 27.2 Å². The number of nitrogens with one attached hydrogen (secondary N) is 2. The molecule has 1 aromatic heterocycles. The van der Waals surface area contributed by atoms with Crippen molar-refractivity contribution in [3.8, 4) is 0 Å². The van der Waals surface area contributed by atoms with Gasteiger partial charge in [-0.05, 0) is 81.2 Å². The fourth-order valence-corrected chi connectivity index (χ4v) is 8.08. The number of benzene rings is 2. The molecule has 216 valence electrons. The van der Waals surface area contributed by atoms with E-state index in [1.54, 1.807) is 6.92 Å². The van der Waals surface area contributed by atoms with Crippen LogP contribution in [0.1, 0.15) is 84.7 Å². The number of anilines is 2. The van der Waals surface area contributed by atoms with Gasteiger partial charge in [-0.3, -0.25) is 9.59 Å². The summed E-state index contributed by atoms with van der Waals surface area (Å²) in [5.74, 6) is 0.00938. The Kier molecular flexibility index (Phi) is 9.83. The number of hydrogen-bond donors (Lipinski definition) is 2. The lowest BCUT2D eigenvalue weighted by molar-refractivity contribution is -0.120. The molecule has 2 amide bonds. The number of amides is 2. The lowest BCUT2D eigenvalue weighted by atomic mass is 9.83. The van der Waals surface area contributed by atoms with Crippen LogP contribution in [0.3, 0.4) is 0 Å². The molecule has 2 N–H and O–H groups in total. The Balaban J connectivity index is 1.27. The minimum atomic E-state index is -0.412. The summed E-state index contributed by atoms with van der Waals surface area (Å²) in [5, 5.41) is 6.29. The van der Waals surface area contributed by atoms with Crippen molar-refractivity contribution < 1.29 is 19.1 Å². The van der Waals surface area contributed by atoms with Crippen LogP contribution in [0.4, 0.5) is 10.7 Å². The SMILES string of the molecule is CCOC(=O)c1c(NC(=O)C(C)Sc2cccc(NC(=O)C3CCCCC3)c2)sc2c1CCC(c1ccccc1)C2. The van der Waals surface area contributed by atoms with Crippen LogP contribution in [0.25, 0.3) is 0 Å². The van der Waals surface area contributed by atoms with E-state index in [1.165, 1.54) is 35.1 Å². The maximum atomic E-state index is 13.4. The standard InChI is InChI=1S/C33H38N2O4S2/c1-3-39-33(38)29-27-18-17-24(22-11-6-4-7-12-22)19-28(27)41-32(29)35-30(36)21(2)40-26-16-10-15-25(20-26)34-31(37)23-13-8-5-9-14-23/h4,6-7,10-12,15-16,20-21,23-24H,3,5,8-9,13-14,17-19H2,1-2H3,(H,34,37)(H,35,36). The fraction of sp³-hybridized carbons (Fsp3) is 0.424. The van der Waals surface area contributed by atoms with Crippen molar-refractivity contribution in [2.45, 2.75) is 81.3 Å². The number of thioether (sulfide) groups is 1. The van der Waals surface area contributed by atoms with Gasteiger partial charge in [0.15, 0.2) is 0 Å². The Morgan fingerprint density at radius 2 is 1.78 bits per heavy atom. The summed E-state index contributed by atoms with van der Waals surface area (Å²) in [4.78, 5) is 41.2. The first-order valence-corrected chi connectivity index (χ1v) is 16.4. The third-order valence-electron chi connectivity index (χ3n) is 8.01. The number of esters is 1. The van der Waals surface area contributed by atoms with Crippen LogP contribution in [0.5, 0.6) is 0 Å². The van der Waals surface area contributed by atoms with Crippen LogP contribution in [0.2, 0.25) is 0 Å². The van der Waals surface area contributed by atoms with Gasteiger partial charge in [-0.15, -0.1) is 23.1 Å². The van der Waals surface area contributed by atoms with Gasteiger partial charge in [-0.25, -0.2) is 4.79 Å².